The van der Waals surface area contributed by atoms with Crippen LogP contribution in [0.2, 0.25) is 0 Å². The number of carbonyl (C=O) groups excluding carboxylic acids is 2. The molecule has 5 nitrogen and oxygen atoms in total. The third-order valence-electron chi connectivity index (χ3n) is 5.85. The maximum atomic E-state index is 13.4. The van der Waals surface area contributed by atoms with E-state index in [1.54, 1.807) is 34.5 Å². The molecule has 0 N–H and O–H groups in total. The maximum Gasteiger partial charge on any atom is 0.338 e. The minimum atomic E-state index is -0.484. The Kier molecular flexibility index (Phi) is 7.02. The highest BCUT2D eigenvalue weighted by Gasteiger charge is 2.26. The summed E-state index contributed by atoms with van der Waals surface area (Å²) in [5.41, 5.74) is 5.27. The Hall–Kier alpha value is -3.03. The van der Waals surface area contributed by atoms with Gasteiger partial charge in [0, 0.05) is 11.5 Å². The van der Waals surface area contributed by atoms with E-state index in [1.807, 2.05) is 66.7 Å². The quantitative estimate of drug-likeness (QED) is 0.435. The second kappa shape index (κ2) is 10.5. The van der Waals surface area contributed by atoms with Crippen molar-refractivity contribution in [2.45, 2.75) is 18.6 Å². The average molecular weight is 489 g/mol. The summed E-state index contributed by atoms with van der Waals surface area (Å²) in [5, 5.41) is 0. The Morgan fingerprint density at radius 3 is 2.24 bits per heavy atom. The zero-order valence-electron chi connectivity index (χ0n) is 18.6. The first-order valence-electron chi connectivity index (χ1n) is 11.2. The SMILES string of the molecule is O=C(OCC(=O)N1c2ccccc2CCc2ccccc21)c1ccccc1CSC1=NCCS1. The number of para-hydroxylation sites is 2. The number of benzene rings is 3. The highest BCUT2D eigenvalue weighted by atomic mass is 32.2. The van der Waals surface area contributed by atoms with Crippen molar-refractivity contribution in [3.05, 3.63) is 95.1 Å². The smallest absolute Gasteiger partial charge is 0.338 e. The molecule has 7 heteroatoms. The zero-order valence-corrected chi connectivity index (χ0v) is 20.2. The lowest BCUT2D eigenvalue weighted by atomic mass is 10.0. The lowest BCUT2D eigenvalue weighted by Crippen LogP contribution is -2.31. The Bertz CT molecular complexity index is 1210. The van der Waals surface area contributed by atoms with Gasteiger partial charge in [0.15, 0.2) is 6.61 Å². The zero-order chi connectivity index (χ0) is 23.3. The van der Waals surface area contributed by atoms with Crippen LogP contribution in [0.3, 0.4) is 0 Å². The number of amides is 1. The van der Waals surface area contributed by atoms with Crippen LogP contribution < -0.4 is 4.90 Å². The second-order valence-corrected chi connectivity index (χ2v) is 10.3. The molecule has 0 radical (unpaired) electrons. The number of anilines is 2. The van der Waals surface area contributed by atoms with Gasteiger partial charge in [0.2, 0.25) is 0 Å². The molecule has 34 heavy (non-hydrogen) atoms. The van der Waals surface area contributed by atoms with Crippen LogP contribution >= 0.6 is 23.5 Å². The van der Waals surface area contributed by atoms with Crippen molar-refractivity contribution in [1.82, 2.24) is 0 Å². The standard InChI is InChI=1S/C27H24N2O3S2/c30-25(29-23-11-5-2-7-19(23)13-14-20-8-3-6-12-24(20)29)17-32-26(31)22-10-4-1-9-21(22)18-34-27-28-15-16-33-27/h1-12H,13-18H2. The Balaban J connectivity index is 1.33. The van der Waals surface area contributed by atoms with Crippen molar-refractivity contribution < 1.29 is 14.3 Å². The van der Waals surface area contributed by atoms with Gasteiger partial charge in [-0.15, -0.1) is 0 Å². The molecule has 0 unspecified atom stereocenters. The van der Waals surface area contributed by atoms with E-state index in [0.29, 0.717) is 11.3 Å². The maximum absolute atomic E-state index is 13.4. The van der Waals surface area contributed by atoms with Crippen molar-refractivity contribution in [2.75, 3.05) is 23.8 Å². The summed E-state index contributed by atoms with van der Waals surface area (Å²) in [4.78, 5) is 32.5. The molecule has 3 aromatic carbocycles. The van der Waals surface area contributed by atoms with Crippen molar-refractivity contribution in [2.24, 2.45) is 4.99 Å². The Morgan fingerprint density at radius 2 is 1.56 bits per heavy atom. The topological polar surface area (TPSA) is 59.0 Å². The molecule has 0 aromatic heterocycles. The summed E-state index contributed by atoms with van der Waals surface area (Å²) in [7, 11) is 0. The average Bonchev–Trinajstić information content (AvgIpc) is 3.34. The third-order valence-corrected chi connectivity index (χ3v) is 8.15. The summed E-state index contributed by atoms with van der Waals surface area (Å²) < 4.78 is 6.60. The third kappa shape index (κ3) is 4.91. The van der Waals surface area contributed by atoms with Gasteiger partial charge in [-0.2, -0.15) is 0 Å². The van der Waals surface area contributed by atoms with Crippen LogP contribution in [0.15, 0.2) is 77.8 Å². The summed E-state index contributed by atoms with van der Waals surface area (Å²) in [6.07, 6.45) is 1.71. The van der Waals surface area contributed by atoms with Gasteiger partial charge in [-0.3, -0.25) is 14.7 Å². The number of rotatable bonds is 5. The van der Waals surface area contributed by atoms with Crippen LogP contribution in [0.5, 0.6) is 0 Å². The van der Waals surface area contributed by atoms with Crippen LogP contribution in [-0.4, -0.2) is 35.2 Å². The molecule has 2 aliphatic heterocycles. The Labute approximate surface area is 207 Å². The summed E-state index contributed by atoms with van der Waals surface area (Å²) in [5.74, 6) is 0.898. The number of carbonyl (C=O) groups is 2. The van der Waals surface area contributed by atoms with E-state index in [2.05, 4.69) is 4.99 Å². The van der Waals surface area contributed by atoms with Gasteiger partial charge in [-0.25, -0.2) is 4.79 Å². The normalized spacial score (nSPS) is 14.6. The monoisotopic (exact) mass is 488 g/mol. The molecular weight excluding hydrogens is 464 g/mol. The molecular formula is C27H24N2O3S2. The van der Waals surface area contributed by atoms with Crippen LogP contribution in [0, 0.1) is 0 Å². The largest absolute Gasteiger partial charge is 0.452 e. The number of hydrogen-bond donors (Lipinski definition) is 0. The van der Waals surface area contributed by atoms with Crippen LogP contribution in [0.4, 0.5) is 11.4 Å². The summed E-state index contributed by atoms with van der Waals surface area (Å²) in [6.45, 7) is 0.521. The number of aliphatic imine (C=N–C) groups is 1. The van der Waals surface area contributed by atoms with E-state index in [4.69, 9.17) is 4.74 Å². The van der Waals surface area contributed by atoms with E-state index in [9.17, 15) is 9.59 Å². The lowest BCUT2D eigenvalue weighted by molar-refractivity contribution is -0.120. The molecule has 0 fully saturated rings. The molecule has 3 aromatic rings. The lowest BCUT2D eigenvalue weighted by Gasteiger charge is -2.25. The fraction of sp³-hybridized carbons (Fsp3) is 0.222. The molecule has 2 aliphatic rings. The van der Waals surface area contributed by atoms with Gasteiger partial charge < -0.3 is 4.74 Å². The summed E-state index contributed by atoms with van der Waals surface area (Å²) in [6, 6.07) is 23.2. The fourth-order valence-electron chi connectivity index (χ4n) is 4.21. The second-order valence-electron chi connectivity index (χ2n) is 8.00. The first kappa shape index (κ1) is 22.7. The fourth-order valence-corrected chi connectivity index (χ4v) is 6.22. The van der Waals surface area contributed by atoms with Crippen LogP contribution in [0.25, 0.3) is 0 Å². The number of hydrogen-bond acceptors (Lipinski definition) is 6. The van der Waals surface area contributed by atoms with Gasteiger partial charge in [-0.1, -0.05) is 78.1 Å². The number of aryl methyl sites for hydroxylation is 2. The predicted octanol–water partition coefficient (Wildman–Crippen LogP) is 5.64. The molecule has 172 valence electrons. The molecule has 0 bridgehead atoms. The number of fused-ring (bicyclic) bond motifs is 2. The number of esters is 1. The van der Waals surface area contributed by atoms with Crippen LogP contribution in [0.1, 0.15) is 27.0 Å². The molecule has 0 aliphatic carbocycles. The molecule has 2 heterocycles. The van der Waals surface area contributed by atoms with E-state index in [0.717, 1.165) is 57.6 Å². The Morgan fingerprint density at radius 1 is 0.912 bits per heavy atom. The highest BCUT2D eigenvalue weighted by Crippen LogP contribution is 2.36. The van der Waals surface area contributed by atoms with Gasteiger partial charge in [0.05, 0.1) is 23.5 Å². The van der Waals surface area contributed by atoms with E-state index >= 15 is 0 Å². The minimum absolute atomic E-state index is 0.265. The number of thioether (sulfide) groups is 2. The van der Waals surface area contributed by atoms with Crippen molar-refractivity contribution >= 4 is 51.2 Å². The van der Waals surface area contributed by atoms with E-state index in [-0.39, 0.29) is 12.5 Å². The van der Waals surface area contributed by atoms with Crippen molar-refractivity contribution in [3.63, 3.8) is 0 Å². The highest BCUT2D eigenvalue weighted by molar-refractivity contribution is 8.38. The van der Waals surface area contributed by atoms with Crippen molar-refractivity contribution in [1.29, 1.82) is 0 Å². The van der Waals surface area contributed by atoms with Gasteiger partial charge in [0.1, 0.15) is 4.38 Å². The first-order valence-corrected chi connectivity index (χ1v) is 13.2. The van der Waals surface area contributed by atoms with Gasteiger partial charge in [0.25, 0.3) is 5.91 Å². The molecule has 0 atom stereocenters. The predicted molar refractivity (Wildman–Crippen MR) is 140 cm³/mol. The van der Waals surface area contributed by atoms with E-state index in [1.165, 1.54) is 0 Å². The summed E-state index contributed by atoms with van der Waals surface area (Å²) >= 11 is 3.38. The van der Waals surface area contributed by atoms with Crippen molar-refractivity contribution in [3.8, 4) is 0 Å². The van der Waals surface area contributed by atoms with Crippen LogP contribution in [-0.2, 0) is 28.1 Å². The molecule has 0 saturated carbocycles. The number of ether oxygens (including phenoxy) is 1. The van der Waals surface area contributed by atoms with E-state index < -0.39 is 5.97 Å². The first-order chi connectivity index (χ1) is 16.7. The number of nitrogens with zero attached hydrogens (tertiary/aromatic N) is 2. The molecule has 0 saturated heterocycles. The van der Waals surface area contributed by atoms with Gasteiger partial charge >= 0.3 is 5.97 Å². The van der Waals surface area contributed by atoms with Gasteiger partial charge in [-0.05, 0) is 47.7 Å². The molecule has 5 rings (SSSR count). The minimum Gasteiger partial charge on any atom is -0.452 e. The molecule has 1 amide bonds. The molecule has 0 spiro atoms.